The first-order chi connectivity index (χ1) is 7.77. The molecule has 16 heavy (non-hydrogen) atoms. The molecule has 2 rings (SSSR count). The van der Waals surface area contributed by atoms with Gasteiger partial charge >= 0.3 is 0 Å². The first kappa shape index (κ1) is 10.3. The number of hydrogen-bond donors (Lipinski definition) is 0. The highest BCUT2D eigenvalue weighted by atomic mass is 16.6. The van der Waals surface area contributed by atoms with Crippen molar-refractivity contribution in [2.24, 2.45) is 0 Å². The zero-order valence-electron chi connectivity index (χ0n) is 8.54. The lowest BCUT2D eigenvalue weighted by Gasteiger charge is -2.01. The summed E-state index contributed by atoms with van der Waals surface area (Å²) in [5.74, 6) is 0. The zero-order chi connectivity index (χ0) is 11.4. The molecule has 0 saturated heterocycles. The van der Waals surface area contributed by atoms with Crippen molar-refractivity contribution in [3.05, 3.63) is 70.0 Å². The summed E-state index contributed by atoms with van der Waals surface area (Å²) < 4.78 is 0. The van der Waals surface area contributed by atoms with Crippen molar-refractivity contribution in [2.75, 3.05) is 0 Å². The van der Waals surface area contributed by atoms with Gasteiger partial charge in [-0.1, -0.05) is 24.3 Å². The van der Waals surface area contributed by atoms with Crippen LogP contribution in [-0.2, 0) is 6.42 Å². The highest BCUT2D eigenvalue weighted by Crippen LogP contribution is 2.19. The second-order valence-electron chi connectivity index (χ2n) is 3.38. The summed E-state index contributed by atoms with van der Waals surface area (Å²) in [6, 6.07) is 12.3. The van der Waals surface area contributed by atoms with Crippen LogP contribution in [0.25, 0.3) is 0 Å². The highest BCUT2D eigenvalue weighted by Gasteiger charge is 2.12. The second kappa shape index (κ2) is 4.53. The number of rotatable bonds is 3. The number of nitro benzene ring substituents is 1. The Kier molecular flexibility index (Phi) is 2.91. The van der Waals surface area contributed by atoms with Gasteiger partial charge in [0.15, 0.2) is 0 Å². The van der Waals surface area contributed by atoms with Crippen LogP contribution in [0.3, 0.4) is 0 Å². The van der Waals surface area contributed by atoms with E-state index in [1.54, 1.807) is 24.4 Å². The maximum absolute atomic E-state index is 10.8. The maximum atomic E-state index is 10.8. The van der Waals surface area contributed by atoms with E-state index in [9.17, 15) is 10.1 Å². The molecule has 0 fully saturated rings. The van der Waals surface area contributed by atoms with Crippen molar-refractivity contribution in [2.45, 2.75) is 6.42 Å². The minimum Gasteiger partial charge on any atom is -0.261 e. The average molecular weight is 214 g/mol. The molecule has 0 amide bonds. The molecule has 0 spiro atoms. The predicted octanol–water partition coefficient (Wildman–Crippen LogP) is 2.58. The summed E-state index contributed by atoms with van der Waals surface area (Å²) in [5, 5.41) is 10.8. The van der Waals surface area contributed by atoms with Gasteiger partial charge < -0.3 is 0 Å². The molecule has 1 aromatic carbocycles. The van der Waals surface area contributed by atoms with Gasteiger partial charge in [-0.2, -0.15) is 0 Å². The standard InChI is InChI=1S/C12H10N2O2/c15-14(16)12-7-2-1-5-10(12)9-11-6-3-4-8-13-11/h1-8H,9H2. The van der Waals surface area contributed by atoms with Crippen molar-refractivity contribution in [1.82, 2.24) is 4.98 Å². The second-order valence-corrected chi connectivity index (χ2v) is 3.38. The van der Waals surface area contributed by atoms with Gasteiger partial charge in [-0.25, -0.2) is 0 Å². The van der Waals surface area contributed by atoms with Gasteiger partial charge in [0.2, 0.25) is 0 Å². The largest absolute Gasteiger partial charge is 0.272 e. The first-order valence-corrected chi connectivity index (χ1v) is 4.89. The molecular formula is C12H10N2O2. The molecule has 0 bridgehead atoms. The van der Waals surface area contributed by atoms with Gasteiger partial charge in [0, 0.05) is 29.9 Å². The number of pyridine rings is 1. The average Bonchev–Trinajstić information content (AvgIpc) is 2.31. The van der Waals surface area contributed by atoms with Crippen LogP contribution in [0.2, 0.25) is 0 Å². The third-order valence-corrected chi connectivity index (χ3v) is 2.29. The Morgan fingerprint density at radius 2 is 1.88 bits per heavy atom. The van der Waals surface area contributed by atoms with E-state index >= 15 is 0 Å². The van der Waals surface area contributed by atoms with Crippen molar-refractivity contribution in [1.29, 1.82) is 0 Å². The molecule has 0 unspecified atom stereocenters. The molecule has 4 nitrogen and oxygen atoms in total. The Bertz CT molecular complexity index is 497. The van der Waals surface area contributed by atoms with Gasteiger partial charge in [0.25, 0.3) is 5.69 Å². The van der Waals surface area contributed by atoms with Gasteiger partial charge in [-0.05, 0) is 12.1 Å². The Hall–Kier alpha value is -2.23. The fourth-order valence-electron chi connectivity index (χ4n) is 1.54. The van der Waals surface area contributed by atoms with Crippen LogP contribution in [0.5, 0.6) is 0 Å². The number of aromatic nitrogens is 1. The molecule has 0 aliphatic heterocycles. The molecule has 0 N–H and O–H groups in total. The Balaban J connectivity index is 2.31. The molecule has 1 heterocycles. The fourth-order valence-corrected chi connectivity index (χ4v) is 1.54. The van der Waals surface area contributed by atoms with Crippen molar-refractivity contribution in [3.8, 4) is 0 Å². The first-order valence-electron chi connectivity index (χ1n) is 4.89. The summed E-state index contributed by atoms with van der Waals surface area (Å²) in [7, 11) is 0. The minimum absolute atomic E-state index is 0.146. The van der Waals surface area contributed by atoms with E-state index < -0.39 is 0 Å². The summed E-state index contributed by atoms with van der Waals surface area (Å²) in [6.07, 6.45) is 2.17. The molecule has 0 atom stereocenters. The number of nitrogens with zero attached hydrogens (tertiary/aromatic N) is 2. The zero-order valence-corrected chi connectivity index (χ0v) is 8.54. The minimum atomic E-state index is -0.363. The van der Waals surface area contributed by atoms with E-state index in [1.165, 1.54) is 6.07 Å². The molecule has 1 aromatic heterocycles. The Morgan fingerprint density at radius 1 is 1.12 bits per heavy atom. The van der Waals surface area contributed by atoms with Crippen molar-refractivity contribution < 1.29 is 4.92 Å². The molecule has 0 saturated carbocycles. The lowest BCUT2D eigenvalue weighted by atomic mass is 10.1. The molecule has 80 valence electrons. The van der Waals surface area contributed by atoms with Crippen molar-refractivity contribution >= 4 is 5.69 Å². The summed E-state index contributed by atoms with van der Waals surface area (Å²) in [6.45, 7) is 0. The van der Waals surface area contributed by atoms with Crippen LogP contribution >= 0.6 is 0 Å². The quantitative estimate of drug-likeness (QED) is 0.582. The maximum Gasteiger partial charge on any atom is 0.272 e. The van der Waals surface area contributed by atoms with Gasteiger partial charge in [0.05, 0.1) is 4.92 Å². The number of para-hydroxylation sites is 1. The number of nitro groups is 1. The van der Waals surface area contributed by atoms with Crippen LogP contribution in [0.15, 0.2) is 48.7 Å². The number of benzene rings is 1. The number of hydrogen-bond acceptors (Lipinski definition) is 3. The monoisotopic (exact) mass is 214 g/mol. The van der Waals surface area contributed by atoms with E-state index in [0.29, 0.717) is 12.0 Å². The predicted molar refractivity (Wildman–Crippen MR) is 60.1 cm³/mol. The molecule has 4 heteroatoms. The normalized spacial score (nSPS) is 10.0. The van der Waals surface area contributed by atoms with Crippen LogP contribution in [0.4, 0.5) is 5.69 Å². The smallest absolute Gasteiger partial charge is 0.261 e. The Labute approximate surface area is 92.7 Å². The molecule has 0 aliphatic rings. The van der Waals surface area contributed by atoms with Crippen LogP contribution in [0, 0.1) is 10.1 Å². The third kappa shape index (κ3) is 2.23. The molecule has 0 radical (unpaired) electrons. The Morgan fingerprint density at radius 3 is 2.56 bits per heavy atom. The summed E-state index contributed by atoms with van der Waals surface area (Å²) in [4.78, 5) is 14.6. The van der Waals surface area contributed by atoms with Gasteiger partial charge in [-0.3, -0.25) is 15.1 Å². The fraction of sp³-hybridized carbons (Fsp3) is 0.0833. The molecular weight excluding hydrogens is 204 g/mol. The third-order valence-electron chi connectivity index (χ3n) is 2.29. The van der Waals surface area contributed by atoms with Crippen LogP contribution in [-0.4, -0.2) is 9.91 Å². The van der Waals surface area contributed by atoms with Crippen LogP contribution < -0.4 is 0 Å². The van der Waals surface area contributed by atoms with Gasteiger partial charge in [0.1, 0.15) is 0 Å². The van der Waals surface area contributed by atoms with E-state index in [2.05, 4.69) is 4.98 Å². The lowest BCUT2D eigenvalue weighted by Crippen LogP contribution is -1.97. The summed E-state index contributed by atoms with van der Waals surface area (Å²) >= 11 is 0. The van der Waals surface area contributed by atoms with E-state index in [0.717, 1.165) is 5.69 Å². The van der Waals surface area contributed by atoms with Gasteiger partial charge in [-0.15, -0.1) is 0 Å². The molecule has 0 aliphatic carbocycles. The van der Waals surface area contributed by atoms with Crippen LogP contribution in [0.1, 0.15) is 11.3 Å². The molecule has 2 aromatic rings. The van der Waals surface area contributed by atoms with E-state index in [4.69, 9.17) is 0 Å². The topological polar surface area (TPSA) is 56.0 Å². The van der Waals surface area contributed by atoms with Crippen molar-refractivity contribution in [3.63, 3.8) is 0 Å². The highest BCUT2D eigenvalue weighted by molar-refractivity contribution is 5.41. The lowest BCUT2D eigenvalue weighted by molar-refractivity contribution is -0.385. The van der Waals surface area contributed by atoms with E-state index in [1.807, 2.05) is 18.2 Å². The summed E-state index contributed by atoms with van der Waals surface area (Å²) in [5.41, 5.74) is 1.66. The SMILES string of the molecule is O=[N+]([O-])c1ccccc1Cc1ccccn1. The van der Waals surface area contributed by atoms with E-state index in [-0.39, 0.29) is 10.6 Å².